The first kappa shape index (κ1) is 12.4. The number of hydrogen-bond acceptors (Lipinski definition) is 4. The Bertz CT molecular complexity index is 746. The Balaban J connectivity index is 2.12. The van der Waals surface area contributed by atoms with Crippen LogP contribution >= 0.6 is 27.7 Å². The summed E-state index contributed by atoms with van der Waals surface area (Å²) in [6.45, 7) is 0. The summed E-state index contributed by atoms with van der Waals surface area (Å²) >= 11 is 5.08. The molecule has 0 aliphatic rings. The van der Waals surface area contributed by atoms with Gasteiger partial charge in [0.05, 0.1) is 9.99 Å². The highest BCUT2D eigenvalue weighted by Crippen LogP contribution is 2.36. The van der Waals surface area contributed by atoms with Gasteiger partial charge in [0.2, 0.25) is 0 Å². The molecular weight excluding hydrogens is 322 g/mol. The fraction of sp³-hybridized carbons (Fsp3) is 0. The predicted molar refractivity (Wildman–Crippen MR) is 82.2 cm³/mol. The maximum atomic E-state index is 5.97. The minimum absolute atomic E-state index is 0.743. The third kappa shape index (κ3) is 2.43. The summed E-state index contributed by atoms with van der Waals surface area (Å²) in [5, 5.41) is 1.89. The average Bonchev–Trinajstić information content (AvgIpc) is 2.44. The lowest BCUT2D eigenvalue weighted by molar-refractivity contribution is 1.11. The Morgan fingerprint density at radius 3 is 2.63 bits per heavy atom. The number of pyridine rings is 2. The van der Waals surface area contributed by atoms with Crippen LogP contribution in [0, 0.1) is 0 Å². The minimum Gasteiger partial charge on any atom is -0.398 e. The van der Waals surface area contributed by atoms with Crippen LogP contribution in [0.5, 0.6) is 0 Å². The van der Waals surface area contributed by atoms with Crippen molar-refractivity contribution in [2.75, 3.05) is 5.73 Å². The van der Waals surface area contributed by atoms with Crippen molar-refractivity contribution in [3.05, 3.63) is 53.3 Å². The fourth-order valence-electron chi connectivity index (χ4n) is 1.80. The molecule has 19 heavy (non-hydrogen) atoms. The van der Waals surface area contributed by atoms with Gasteiger partial charge in [-0.3, -0.25) is 4.98 Å². The normalized spacial score (nSPS) is 10.8. The van der Waals surface area contributed by atoms with E-state index in [1.165, 1.54) is 0 Å². The van der Waals surface area contributed by atoms with E-state index in [1.807, 2.05) is 36.4 Å². The van der Waals surface area contributed by atoms with Crippen LogP contribution in [0.25, 0.3) is 10.9 Å². The van der Waals surface area contributed by atoms with Crippen molar-refractivity contribution < 1.29 is 0 Å². The number of fused-ring (bicyclic) bond motifs is 1. The molecule has 0 atom stereocenters. The third-order valence-electron chi connectivity index (χ3n) is 2.70. The molecule has 3 aromatic rings. The van der Waals surface area contributed by atoms with Crippen molar-refractivity contribution >= 4 is 44.3 Å². The number of nitrogen functional groups attached to an aromatic ring is 1. The van der Waals surface area contributed by atoms with Gasteiger partial charge in [0.15, 0.2) is 0 Å². The summed E-state index contributed by atoms with van der Waals surface area (Å²) in [6.07, 6.45) is 3.55. The largest absolute Gasteiger partial charge is 0.398 e. The fourth-order valence-corrected chi connectivity index (χ4v) is 3.18. The molecule has 2 aromatic heterocycles. The molecule has 0 amide bonds. The van der Waals surface area contributed by atoms with Gasteiger partial charge < -0.3 is 5.73 Å². The molecule has 0 bridgehead atoms. The number of hydrogen-bond donors (Lipinski definition) is 1. The summed E-state index contributed by atoms with van der Waals surface area (Å²) in [5.41, 5.74) is 7.62. The molecule has 0 aliphatic heterocycles. The van der Waals surface area contributed by atoms with Crippen LogP contribution in [0.2, 0.25) is 0 Å². The maximum Gasteiger partial charge on any atom is 0.115 e. The molecule has 0 saturated carbocycles. The van der Waals surface area contributed by atoms with Crippen molar-refractivity contribution in [1.82, 2.24) is 9.97 Å². The van der Waals surface area contributed by atoms with Gasteiger partial charge >= 0.3 is 0 Å². The zero-order valence-corrected chi connectivity index (χ0v) is 12.3. The summed E-state index contributed by atoms with van der Waals surface area (Å²) in [5.74, 6) is 0. The minimum atomic E-state index is 0.743. The topological polar surface area (TPSA) is 51.8 Å². The predicted octanol–water partition coefficient (Wildman–Crippen LogP) is 4.13. The van der Waals surface area contributed by atoms with E-state index in [-0.39, 0.29) is 0 Å². The van der Waals surface area contributed by atoms with Crippen LogP contribution < -0.4 is 5.73 Å². The van der Waals surface area contributed by atoms with E-state index >= 15 is 0 Å². The second kappa shape index (κ2) is 5.19. The summed E-state index contributed by atoms with van der Waals surface area (Å²) < 4.78 is 0.973. The van der Waals surface area contributed by atoms with Crippen LogP contribution in [0.1, 0.15) is 0 Å². The Morgan fingerprint density at radius 2 is 1.79 bits per heavy atom. The number of anilines is 1. The van der Waals surface area contributed by atoms with Crippen LogP contribution in [-0.2, 0) is 0 Å². The van der Waals surface area contributed by atoms with Crippen LogP contribution in [0.15, 0.2) is 63.2 Å². The molecule has 0 aliphatic carbocycles. The standard InChI is InChI=1S/C14H10BrN3S/c15-10-4-2-8-18-14(10)19-12-6-5-11(16)9-3-1-7-17-13(9)12/h1-8H,16H2. The number of nitrogens with zero attached hydrogens (tertiary/aromatic N) is 2. The maximum absolute atomic E-state index is 5.97. The van der Waals surface area contributed by atoms with Crippen LogP contribution in [0.3, 0.4) is 0 Å². The van der Waals surface area contributed by atoms with E-state index in [0.29, 0.717) is 0 Å². The molecule has 3 rings (SSSR count). The van der Waals surface area contributed by atoms with Crippen molar-refractivity contribution in [2.45, 2.75) is 9.92 Å². The molecular formula is C14H10BrN3S. The van der Waals surface area contributed by atoms with Gasteiger partial charge in [-0.15, -0.1) is 0 Å². The molecule has 5 heteroatoms. The Labute approximate surface area is 123 Å². The second-order valence-corrected chi connectivity index (χ2v) is 5.83. The molecule has 0 unspecified atom stereocenters. The van der Waals surface area contributed by atoms with E-state index in [0.717, 1.165) is 31.0 Å². The molecule has 2 N–H and O–H groups in total. The summed E-state index contributed by atoms with van der Waals surface area (Å²) in [6, 6.07) is 11.6. The van der Waals surface area contributed by atoms with Gasteiger partial charge in [-0.2, -0.15) is 0 Å². The Morgan fingerprint density at radius 1 is 1.00 bits per heavy atom. The lowest BCUT2D eigenvalue weighted by Crippen LogP contribution is -1.90. The van der Waals surface area contributed by atoms with Gasteiger partial charge in [0, 0.05) is 28.4 Å². The van der Waals surface area contributed by atoms with Crippen LogP contribution in [0.4, 0.5) is 5.69 Å². The summed E-state index contributed by atoms with van der Waals surface area (Å²) in [7, 11) is 0. The van der Waals surface area contributed by atoms with Gasteiger partial charge in [0.25, 0.3) is 0 Å². The molecule has 0 saturated heterocycles. The SMILES string of the molecule is Nc1ccc(Sc2ncccc2Br)c2ncccc12. The zero-order chi connectivity index (χ0) is 13.2. The molecule has 1 aromatic carbocycles. The molecule has 0 radical (unpaired) electrons. The lowest BCUT2D eigenvalue weighted by Gasteiger charge is -2.07. The Hall–Kier alpha value is -1.59. The molecule has 0 spiro atoms. The van der Waals surface area contributed by atoms with Crippen molar-refractivity contribution in [1.29, 1.82) is 0 Å². The highest BCUT2D eigenvalue weighted by atomic mass is 79.9. The number of nitrogens with two attached hydrogens (primary N) is 1. The number of rotatable bonds is 2. The highest BCUT2D eigenvalue weighted by Gasteiger charge is 2.09. The van der Waals surface area contributed by atoms with Crippen molar-refractivity contribution in [3.8, 4) is 0 Å². The molecule has 2 heterocycles. The third-order valence-corrected chi connectivity index (χ3v) is 4.67. The number of aromatic nitrogens is 2. The first-order valence-electron chi connectivity index (χ1n) is 5.67. The van der Waals surface area contributed by atoms with Crippen molar-refractivity contribution in [3.63, 3.8) is 0 Å². The van der Waals surface area contributed by atoms with E-state index in [1.54, 1.807) is 24.2 Å². The van der Waals surface area contributed by atoms with Gasteiger partial charge in [0.1, 0.15) is 5.03 Å². The lowest BCUT2D eigenvalue weighted by atomic mass is 10.2. The monoisotopic (exact) mass is 331 g/mol. The van der Waals surface area contributed by atoms with E-state index < -0.39 is 0 Å². The molecule has 3 nitrogen and oxygen atoms in total. The van der Waals surface area contributed by atoms with Crippen LogP contribution in [-0.4, -0.2) is 9.97 Å². The van der Waals surface area contributed by atoms with Crippen molar-refractivity contribution in [2.24, 2.45) is 0 Å². The van der Waals surface area contributed by atoms with E-state index in [4.69, 9.17) is 5.73 Å². The van der Waals surface area contributed by atoms with Gasteiger partial charge in [-0.25, -0.2) is 4.98 Å². The highest BCUT2D eigenvalue weighted by molar-refractivity contribution is 9.10. The number of benzene rings is 1. The smallest absolute Gasteiger partial charge is 0.115 e. The molecule has 0 fully saturated rings. The first-order chi connectivity index (χ1) is 9.25. The summed E-state index contributed by atoms with van der Waals surface area (Å²) in [4.78, 5) is 9.83. The molecule has 94 valence electrons. The number of halogens is 1. The van der Waals surface area contributed by atoms with Gasteiger partial charge in [-0.1, -0.05) is 11.8 Å². The Kier molecular flexibility index (Phi) is 3.40. The van der Waals surface area contributed by atoms with E-state index in [9.17, 15) is 0 Å². The quantitative estimate of drug-likeness (QED) is 0.717. The second-order valence-electron chi connectivity index (χ2n) is 3.94. The average molecular weight is 332 g/mol. The first-order valence-corrected chi connectivity index (χ1v) is 7.28. The van der Waals surface area contributed by atoms with Gasteiger partial charge in [-0.05, 0) is 52.3 Å². The zero-order valence-electron chi connectivity index (χ0n) is 9.88. The van der Waals surface area contributed by atoms with E-state index in [2.05, 4.69) is 25.9 Å².